The van der Waals surface area contributed by atoms with Gasteiger partial charge in [-0.3, -0.25) is 0 Å². The van der Waals surface area contributed by atoms with Gasteiger partial charge < -0.3 is 10.6 Å². The molecule has 4 nitrogen and oxygen atoms in total. The van der Waals surface area contributed by atoms with Gasteiger partial charge in [0.2, 0.25) is 0 Å². The smallest absolute Gasteiger partial charge is 0.320 e. The first-order chi connectivity index (χ1) is 7.99. The van der Waals surface area contributed by atoms with E-state index < -0.39 is 17.4 Å². The van der Waals surface area contributed by atoms with Crippen molar-refractivity contribution in [3.8, 4) is 6.07 Å². The molecular formula is C12H14FN3O. The number of anilines is 1. The lowest BCUT2D eigenvalue weighted by Gasteiger charge is -2.21. The van der Waals surface area contributed by atoms with E-state index in [-0.39, 0.29) is 0 Å². The van der Waals surface area contributed by atoms with E-state index in [0.717, 1.165) is 0 Å². The summed E-state index contributed by atoms with van der Waals surface area (Å²) in [6, 6.07) is 7.04. The first kappa shape index (κ1) is 13.0. The van der Waals surface area contributed by atoms with Crippen LogP contribution in [0.25, 0.3) is 0 Å². The second-order valence-corrected chi connectivity index (χ2v) is 3.89. The van der Waals surface area contributed by atoms with Crippen LogP contribution in [0.15, 0.2) is 24.3 Å². The number of hydrogen-bond donors (Lipinski definition) is 2. The van der Waals surface area contributed by atoms with Crippen molar-refractivity contribution in [1.29, 1.82) is 5.26 Å². The van der Waals surface area contributed by atoms with Crippen molar-refractivity contribution >= 4 is 11.7 Å². The van der Waals surface area contributed by atoms with Crippen molar-refractivity contribution in [2.45, 2.75) is 25.8 Å². The average Bonchev–Trinajstić information content (AvgIpc) is 2.28. The van der Waals surface area contributed by atoms with Crippen LogP contribution in [0.4, 0.5) is 14.9 Å². The van der Waals surface area contributed by atoms with E-state index in [1.165, 1.54) is 18.2 Å². The van der Waals surface area contributed by atoms with Gasteiger partial charge in [0.25, 0.3) is 0 Å². The van der Waals surface area contributed by atoms with Crippen LogP contribution in [0.1, 0.15) is 20.3 Å². The van der Waals surface area contributed by atoms with Gasteiger partial charge in [0.1, 0.15) is 11.4 Å². The highest BCUT2D eigenvalue weighted by molar-refractivity contribution is 5.89. The fourth-order valence-electron chi connectivity index (χ4n) is 1.17. The monoisotopic (exact) mass is 235 g/mol. The highest BCUT2D eigenvalue weighted by Gasteiger charge is 2.23. The van der Waals surface area contributed by atoms with Crippen molar-refractivity contribution in [2.75, 3.05) is 5.32 Å². The van der Waals surface area contributed by atoms with Crippen LogP contribution < -0.4 is 10.6 Å². The largest absolute Gasteiger partial charge is 0.320 e. The van der Waals surface area contributed by atoms with Crippen LogP contribution in [0.5, 0.6) is 0 Å². The zero-order valence-electron chi connectivity index (χ0n) is 9.75. The summed E-state index contributed by atoms with van der Waals surface area (Å²) in [7, 11) is 0. The van der Waals surface area contributed by atoms with Crippen molar-refractivity contribution in [2.24, 2.45) is 0 Å². The number of benzene rings is 1. The molecule has 0 aliphatic rings. The minimum atomic E-state index is -0.919. The summed E-state index contributed by atoms with van der Waals surface area (Å²) >= 11 is 0. The maximum Gasteiger partial charge on any atom is 0.320 e. The van der Waals surface area contributed by atoms with Gasteiger partial charge in [-0.25, -0.2) is 9.18 Å². The third-order valence-corrected chi connectivity index (χ3v) is 2.43. The lowest BCUT2D eigenvalue weighted by atomic mass is 10.0. The summed E-state index contributed by atoms with van der Waals surface area (Å²) in [5, 5.41) is 13.9. The van der Waals surface area contributed by atoms with E-state index in [4.69, 9.17) is 5.26 Å². The Balaban J connectivity index is 2.65. The SMILES string of the molecule is CCC(C)(C#N)NC(=O)Nc1cccc(F)c1. The number of amides is 2. The quantitative estimate of drug-likeness (QED) is 0.845. The van der Waals surface area contributed by atoms with E-state index in [1.54, 1.807) is 19.9 Å². The number of rotatable bonds is 3. The summed E-state index contributed by atoms with van der Waals surface area (Å²) in [5.74, 6) is -0.429. The minimum absolute atomic E-state index is 0.346. The molecule has 1 aromatic carbocycles. The Bertz CT molecular complexity index is 455. The molecule has 0 fully saturated rings. The molecule has 1 rings (SSSR count). The van der Waals surface area contributed by atoms with E-state index in [0.29, 0.717) is 12.1 Å². The number of nitrogens with zero attached hydrogens (tertiary/aromatic N) is 1. The number of nitrogens with one attached hydrogen (secondary N) is 2. The lowest BCUT2D eigenvalue weighted by Crippen LogP contribution is -2.46. The van der Waals surface area contributed by atoms with Gasteiger partial charge in [-0.1, -0.05) is 13.0 Å². The van der Waals surface area contributed by atoms with Crippen LogP contribution in [-0.2, 0) is 0 Å². The molecule has 2 amide bonds. The Hall–Kier alpha value is -2.09. The predicted octanol–water partition coefficient (Wildman–Crippen LogP) is 2.64. The molecule has 2 N–H and O–H groups in total. The summed E-state index contributed by atoms with van der Waals surface area (Å²) < 4.78 is 12.9. The number of urea groups is 1. The van der Waals surface area contributed by atoms with Gasteiger partial charge in [0, 0.05) is 5.69 Å². The molecule has 0 spiro atoms. The van der Waals surface area contributed by atoms with Crippen LogP contribution in [0, 0.1) is 17.1 Å². The zero-order valence-corrected chi connectivity index (χ0v) is 9.75. The topological polar surface area (TPSA) is 64.9 Å². The predicted molar refractivity (Wildman–Crippen MR) is 62.9 cm³/mol. The first-order valence-corrected chi connectivity index (χ1v) is 5.25. The van der Waals surface area contributed by atoms with Crippen LogP contribution in [0.2, 0.25) is 0 Å². The third-order valence-electron chi connectivity index (χ3n) is 2.43. The normalized spacial score (nSPS) is 13.3. The molecule has 0 aromatic heterocycles. The molecule has 0 radical (unpaired) electrons. The molecule has 1 aromatic rings. The standard InChI is InChI=1S/C12H14FN3O/c1-3-12(2,8-14)16-11(17)15-10-6-4-5-9(13)7-10/h4-7H,3H2,1-2H3,(H2,15,16,17). The fourth-order valence-corrected chi connectivity index (χ4v) is 1.17. The van der Waals surface area contributed by atoms with Crippen LogP contribution >= 0.6 is 0 Å². The van der Waals surface area contributed by atoms with Gasteiger partial charge in [-0.2, -0.15) is 5.26 Å². The third kappa shape index (κ3) is 3.76. The van der Waals surface area contributed by atoms with Gasteiger partial charge in [-0.15, -0.1) is 0 Å². The molecule has 0 aliphatic heterocycles. The van der Waals surface area contributed by atoms with Crippen molar-refractivity contribution in [3.05, 3.63) is 30.1 Å². The Morgan fingerprint density at radius 1 is 1.59 bits per heavy atom. The van der Waals surface area contributed by atoms with E-state index >= 15 is 0 Å². The Labute approximate surface area is 99.4 Å². The van der Waals surface area contributed by atoms with Gasteiger partial charge in [0.05, 0.1) is 6.07 Å². The minimum Gasteiger partial charge on any atom is -0.320 e. The molecule has 0 aliphatic carbocycles. The number of hydrogen-bond acceptors (Lipinski definition) is 2. The second-order valence-electron chi connectivity index (χ2n) is 3.89. The second kappa shape index (κ2) is 5.30. The molecular weight excluding hydrogens is 221 g/mol. The highest BCUT2D eigenvalue weighted by atomic mass is 19.1. The van der Waals surface area contributed by atoms with Crippen molar-refractivity contribution in [3.63, 3.8) is 0 Å². The fraction of sp³-hybridized carbons (Fsp3) is 0.333. The molecule has 0 bridgehead atoms. The maximum atomic E-state index is 12.9. The molecule has 0 saturated carbocycles. The molecule has 5 heteroatoms. The summed E-state index contributed by atoms with van der Waals surface area (Å²) in [4.78, 5) is 11.6. The number of nitriles is 1. The van der Waals surface area contributed by atoms with Gasteiger partial charge >= 0.3 is 6.03 Å². The number of carbonyl (C=O) groups is 1. The lowest BCUT2D eigenvalue weighted by molar-refractivity contribution is 0.244. The molecule has 0 heterocycles. The summed E-state index contributed by atoms with van der Waals surface area (Å²) in [6.07, 6.45) is 0.486. The molecule has 17 heavy (non-hydrogen) atoms. The molecule has 90 valence electrons. The summed E-state index contributed by atoms with van der Waals surface area (Å²) in [6.45, 7) is 3.42. The van der Waals surface area contributed by atoms with Crippen molar-refractivity contribution < 1.29 is 9.18 Å². The molecule has 0 saturated heterocycles. The van der Waals surface area contributed by atoms with Crippen LogP contribution in [-0.4, -0.2) is 11.6 Å². The number of halogens is 1. The molecule has 1 unspecified atom stereocenters. The van der Waals surface area contributed by atoms with Crippen molar-refractivity contribution in [1.82, 2.24) is 5.32 Å². The van der Waals surface area contributed by atoms with E-state index in [9.17, 15) is 9.18 Å². The van der Waals surface area contributed by atoms with Gasteiger partial charge in [-0.05, 0) is 31.5 Å². The summed E-state index contributed by atoms with van der Waals surface area (Å²) in [5.41, 5.74) is -0.573. The first-order valence-electron chi connectivity index (χ1n) is 5.25. The number of carbonyl (C=O) groups excluding carboxylic acids is 1. The van der Waals surface area contributed by atoms with Crippen LogP contribution in [0.3, 0.4) is 0 Å². The zero-order chi connectivity index (χ0) is 12.9. The molecule has 1 atom stereocenters. The highest BCUT2D eigenvalue weighted by Crippen LogP contribution is 2.11. The van der Waals surface area contributed by atoms with E-state index in [2.05, 4.69) is 10.6 Å². The Morgan fingerprint density at radius 3 is 2.82 bits per heavy atom. The maximum absolute atomic E-state index is 12.9. The Kier molecular flexibility index (Phi) is 4.05. The van der Waals surface area contributed by atoms with Gasteiger partial charge in [0.15, 0.2) is 0 Å². The average molecular weight is 235 g/mol. The van der Waals surface area contributed by atoms with E-state index in [1.807, 2.05) is 6.07 Å². The Morgan fingerprint density at radius 2 is 2.29 bits per heavy atom.